The van der Waals surface area contributed by atoms with Crippen LogP contribution in [0.4, 0.5) is 5.69 Å². The van der Waals surface area contributed by atoms with Crippen molar-refractivity contribution in [2.24, 2.45) is 0 Å². The van der Waals surface area contributed by atoms with Gasteiger partial charge in [0.1, 0.15) is 6.04 Å². The molecule has 1 aliphatic rings. The Morgan fingerprint density at radius 2 is 1.80 bits per heavy atom. The number of rotatable bonds is 5. The number of benzene rings is 2. The van der Waals surface area contributed by atoms with Crippen LogP contribution in [0, 0.1) is 0 Å². The summed E-state index contributed by atoms with van der Waals surface area (Å²) in [6, 6.07) is 17.3. The van der Waals surface area contributed by atoms with Crippen LogP contribution in [-0.4, -0.2) is 17.9 Å². The zero-order chi connectivity index (χ0) is 17.6. The molecule has 0 fully saturated rings. The molecule has 0 unspecified atom stereocenters. The van der Waals surface area contributed by atoms with Gasteiger partial charge < -0.3 is 5.32 Å². The Kier molecular flexibility index (Phi) is 5.49. The third kappa shape index (κ3) is 3.90. The average Bonchev–Trinajstić information content (AvgIpc) is 2.81. The fourth-order valence-corrected chi connectivity index (χ4v) is 3.37. The van der Waals surface area contributed by atoms with Crippen LogP contribution in [0.5, 0.6) is 0 Å². The van der Waals surface area contributed by atoms with E-state index in [0.717, 1.165) is 29.7 Å². The van der Waals surface area contributed by atoms with Crippen LogP contribution in [0.15, 0.2) is 54.6 Å². The first kappa shape index (κ1) is 17.2. The maximum Gasteiger partial charge on any atom is 0.243 e. The molecule has 0 aromatic heterocycles. The quantitative estimate of drug-likeness (QED) is 0.909. The summed E-state index contributed by atoms with van der Waals surface area (Å²) >= 11 is 0. The maximum atomic E-state index is 12.8. The highest BCUT2D eigenvalue weighted by molar-refractivity contribution is 6.01. The van der Waals surface area contributed by atoms with Gasteiger partial charge in [0.15, 0.2) is 0 Å². The number of carbonyl (C=O) groups excluding carboxylic acids is 2. The summed E-state index contributed by atoms with van der Waals surface area (Å²) in [7, 11) is 0. The molecular weight excluding hydrogens is 312 g/mol. The van der Waals surface area contributed by atoms with Crippen molar-refractivity contribution < 1.29 is 9.59 Å². The molecule has 130 valence electrons. The smallest absolute Gasteiger partial charge is 0.243 e. The van der Waals surface area contributed by atoms with Crippen LogP contribution < -0.4 is 10.2 Å². The summed E-state index contributed by atoms with van der Waals surface area (Å²) in [6.45, 7) is 2.42. The van der Waals surface area contributed by atoms with E-state index >= 15 is 0 Å². The number of hydrogen-bond donors (Lipinski definition) is 1. The second-order valence-corrected chi connectivity index (χ2v) is 6.37. The van der Waals surface area contributed by atoms with Crippen LogP contribution in [0.2, 0.25) is 0 Å². The number of nitrogens with one attached hydrogen (secondary N) is 1. The van der Waals surface area contributed by atoms with Gasteiger partial charge in [-0.25, -0.2) is 0 Å². The summed E-state index contributed by atoms with van der Waals surface area (Å²) < 4.78 is 0. The average molecular weight is 336 g/mol. The SMILES string of the molecule is CC[C@@H](C(=O)NCc1ccccc1)N1C(=O)CCCc2ccccc21. The lowest BCUT2D eigenvalue weighted by Crippen LogP contribution is -2.49. The van der Waals surface area contributed by atoms with Crippen molar-refractivity contribution in [3.05, 3.63) is 65.7 Å². The van der Waals surface area contributed by atoms with Crippen LogP contribution in [0.25, 0.3) is 0 Å². The van der Waals surface area contributed by atoms with Crippen LogP contribution in [0.1, 0.15) is 37.3 Å². The summed E-state index contributed by atoms with van der Waals surface area (Å²) in [5, 5.41) is 2.99. The molecule has 0 saturated heterocycles. The molecule has 0 bridgehead atoms. The molecule has 4 nitrogen and oxygen atoms in total. The minimum absolute atomic E-state index is 0.0339. The molecule has 25 heavy (non-hydrogen) atoms. The van der Waals surface area contributed by atoms with E-state index in [9.17, 15) is 9.59 Å². The van der Waals surface area contributed by atoms with E-state index in [2.05, 4.69) is 11.4 Å². The zero-order valence-corrected chi connectivity index (χ0v) is 14.6. The number of para-hydroxylation sites is 1. The first-order valence-corrected chi connectivity index (χ1v) is 8.92. The van der Waals surface area contributed by atoms with Gasteiger partial charge in [-0.1, -0.05) is 55.5 Å². The monoisotopic (exact) mass is 336 g/mol. The highest BCUT2D eigenvalue weighted by Gasteiger charge is 2.32. The van der Waals surface area contributed by atoms with Gasteiger partial charge in [-0.3, -0.25) is 14.5 Å². The molecule has 4 heteroatoms. The third-order valence-electron chi connectivity index (χ3n) is 4.67. The zero-order valence-electron chi connectivity index (χ0n) is 14.6. The molecular formula is C21H24N2O2. The first-order valence-electron chi connectivity index (χ1n) is 8.92. The maximum absolute atomic E-state index is 12.8. The standard InChI is InChI=1S/C21H24N2O2/c1-2-18(21(25)22-15-16-9-4-3-5-10-16)23-19-13-7-6-11-17(19)12-8-14-20(23)24/h3-7,9-11,13,18H,2,8,12,14-15H2,1H3,(H,22,25)/t18-/m0/s1. The van der Waals surface area contributed by atoms with Crippen molar-refractivity contribution in [3.8, 4) is 0 Å². The summed E-state index contributed by atoms with van der Waals surface area (Å²) in [6.07, 6.45) is 2.77. The third-order valence-corrected chi connectivity index (χ3v) is 4.67. The second-order valence-electron chi connectivity index (χ2n) is 6.37. The van der Waals surface area contributed by atoms with Crippen molar-refractivity contribution in [1.29, 1.82) is 0 Å². The van der Waals surface area contributed by atoms with Crippen LogP contribution in [0.3, 0.4) is 0 Å². The summed E-state index contributed by atoms with van der Waals surface area (Å²) in [5.74, 6) is -0.0666. The normalized spacial score (nSPS) is 15.2. The van der Waals surface area contributed by atoms with Gasteiger partial charge in [0.05, 0.1) is 0 Å². The molecule has 0 radical (unpaired) electrons. The largest absolute Gasteiger partial charge is 0.350 e. The predicted octanol–water partition coefficient (Wildman–Crippen LogP) is 3.45. The molecule has 1 heterocycles. The molecule has 2 aromatic rings. The van der Waals surface area contributed by atoms with Crippen molar-refractivity contribution >= 4 is 17.5 Å². The number of anilines is 1. The van der Waals surface area contributed by atoms with E-state index in [1.807, 2.05) is 55.5 Å². The van der Waals surface area contributed by atoms with Crippen molar-refractivity contribution in [2.75, 3.05) is 4.90 Å². The highest BCUT2D eigenvalue weighted by Crippen LogP contribution is 2.29. The number of carbonyl (C=O) groups is 2. The molecule has 3 rings (SSSR count). The summed E-state index contributed by atoms with van der Waals surface area (Å²) in [5.41, 5.74) is 3.07. The highest BCUT2D eigenvalue weighted by atomic mass is 16.2. The molecule has 0 aliphatic carbocycles. The van der Waals surface area contributed by atoms with Gasteiger partial charge >= 0.3 is 0 Å². The van der Waals surface area contributed by atoms with E-state index in [4.69, 9.17) is 0 Å². The van der Waals surface area contributed by atoms with Crippen molar-refractivity contribution in [1.82, 2.24) is 5.32 Å². The lowest BCUT2D eigenvalue weighted by molar-refractivity contribution is -0.126. The first-order chi connectivity index (χ1) is 12.2. The minimum Gasteiger partial charge on any atom is -0.350 e. The Bertz CT molecular complexity index is 743. The van der Waals surface area contributed by atoms with E-state index in [-0.39, 0.29) is 11.8 Å². The molecule has 1 aliphatic heterocycles. The molecule has 2 aromatic carbocycles. The Morgan fingerprint density at radius 1 is 1.08 bits per heavy atom. The van der Waals surface area contributed by atoms with E-state index in [0.29, 0.717) is 19.4 Å². The Hall–Kier alpha value is -2.62. The number of fused-ring (bicyclic) bond motifs is 1. The minimum atomic E-state index is -0.476. The van der Waals surface area contributed by atoms with Crippen molar-refractivity contribution in [2.45, 2.75) is 45.2 Å². The molecule has 0 saturated carbocycles. The Morgan fingerprint density at radius 3 is 2.56 bits per heavy atom. The second kappa shape index (κ2) is 7.97. The number of amides is 2. The topological polar surface area (TPSA) is 49.4 Å². The van der Waals surface area contributed by atoms with E-state index < -0.39 is 6.04 Å². The lowest BCUT2D eigenvalue weighted by atomic mass is 10.1. The number of nitrogens with zero attached hydrogens (tertiary/aromatic N) is 1. The van der Waals surface area contributed by atoms with Gasteiger partial charge in [-0.05, 0) is 36.5 Å². The van der Waals surface area contributed by atoms with E-state index in [1.165, 1.54) is 0 Å². The van der Waals surface area contributed by atoms with Gasteiger partial charge in [0, 0.05) is 18.7 Å². The predicted molar refractivity (Wildman–Crippen MR) is 99.2 cm³/mol. The van der Waals surface area contributed by atoms with Crippen LogP contribution >= 0.6 is 0 Å². The fraction of sp³-hybridized carbons (Fsp3) is 0.333. The number of aryl methyl sites for hydroxylation is 1. The van der Waals surface area contributed by atoms with Gasteiger partial charge in [-0.2, -0.15) is 0 Å². The summed E-state index contributed by atoms with van der Waals surface area (Å²) in [4.78, 5) is 27.2. The van der Waals surface area contributed by atoms with Crippen LogP contribution in [-0.2, 0) is 22.6 Å². The fourth-order valence-electron chi connectivity index (χ4n) is 3.37. The number of hydrogen-bond acceptors (Lipinski definition) is 2. The van der Waals surface area contributed by atoms with Crippen molar-refractivity contribution in [3.63, 3.8) is 0 Å². The lowest BCUT2D eigenvalue weighted by Gasteiger charge is -2.30. The Balaban J connectivity index is 1.81. The van der Waals surface area contributed by atoms with E-state index in [1.54, 1.807) is 4.90 Å². The molecule has 1 N–H and O–H groups in total. The van der Waals surface area contributed by atoms with Gasteiger partial charge in [0.25, 0.3) is 0 Å². The Labute approximate surface area is 148 Å². The van der Waals surface area contributed by atoms with Gasteiger partial charge in [-0.15, -0.1) is 0 Å². The van der Waals surface area contributed by atoms with Gasteiger partial charge in [0.2, 0.25) is 11.8 Å². The molecule has 0 spiro atoms. The molecule has 1 atom stereocenters. The molecule has 2 amide bonds.